The Morgan fingerprint density at radius 1 is 1.12 bits per heavy atom. The van der Waals surface area contributed by atoms with Gasteiger partial charge in [0.25, 0.3) is 0 Å². The van der Waals surface area contributed by atoms with E-state index in [0.29, 0.717) is 25.2 Å². The molecule has 0 heterocycles. The fraction of sp³-hybridized carbons (Fsp3) is 0.850. The van der Waals surface area contributed by atoms with E-state index in [1.54, 1.807) is 7.05 Å². The second kappa shape index (κ2) is 12.0. The van der Waals surface area contributed by atoms with Crippen LogP contribution in [-0.4, -0.2) is 31.3 Å². The average molecular weight is 356 g/mol. The maximum absolute atomic E-state index is 12.4. The number of hydrogen-bond donors (Lipinski definition) is 1. The number of aldehydes is 1. The summed E-state index contributed by atoms with van der Waals surface area (Å²) in [5.74, 6) is 0.0824. The van der Waals surface area contributed by atoms with Crippen molar-refractivity contribution in [3.05, 3.63) is 0 Å². The molecule has 0 unspecified atom stereocenters. The highest BCUT2D eigenvalue weighted by Crippen LogP contribution is 2.30. The predicted octanol–water partition coefficient (Wildman–Crippen LogP) is 3.89. The molecule has 5 nitrogen and oxygen atoms in total. The van der Waals surface area contributed by atoms with E-state index in [1.807, 2.05) is 6.92 Å². The summed E-state index contributed by atoms with van der Waals surface area (Å²) >= 11 is 0. The monoisotopic (exact) mass is 355 g/mol. The second-order valence-corrected chi connectivity index (χ2v) is 8.20. The topological polar surface area (TPSA) is 72.5 Å². The van der Waals surface area contributed by atoms with Crippen LogP contribution in [0.3, 0.4) is 0 Å². The first-order valence-corrected chi connectivity index (χ1v) is 9.46. The van der Waals surface area contributed by atoms with Crippen molar-refractivity contribution < 1.29 is 19.1 Å². The van der Waals surface area contributed by atoms with Gasteiger partial charge < -0.3 is 14.8 Å². The van der Waals surface area contributed by atoms with E-state index in [9.17, 15) is 14.4 Å². The molecule has 0 saturated heterocycles. The second-order valence-electron chi connectivity index (χ2n) is 8.20. The number of hydrogen-bond acceptors (Lipinski definition) is 4. The van der Waals surface area contributed by atoms with Gasteiger partial charge in [0.1, 0.15) is 12.4 Å². The zero-order valence-electron chi connectivity index (χ0n) is 16.9. The minimum Gasteiger partial charge on any atom is -0.462 e. The van der Waals surface area contributed by atoms with Crippen molar-refractivity contribution in [2.45, 2.75) is 85.7 Å². The maximum atomic E-state index is 12.4. The molecule has 5 heteroatoms. The van der Waals surface area contributed by atoms with Crippen LogP contribution in [0.5, 0.6) is 0 Å². The first-order chi connectivity index (χ1) is 11.6. The van der Waals surface area contributed by atoms with Crippen molar-refractivity contribution in [1.29, 1.82) is 0 Å². The number of carbonyl (C=O) groups is 3. The molecule has 0 aliphatic carbocycles. The summed E-state index contributed by atoms with van der Waals surface area (Å²) in [5.41, 5.74) is -0.132. The highest BCUT2D eigenvalue weighted by Gasteiger charge is 2.31. The number of nitrogens with one attached hydrogen (secondary N) is 1. The lowest BCUT2D eigenvalue weighted by Crippen LogP contribution is -2.35. The third-order valence-corrected chi connectivity index (χ3v) is 4.58. The lowest BCUT2D eigenvalue weighted by molar-refractivity contribution is -0.160. The number of rotatable bonds is 12. The lowest BCUT2D eigenvalue weighted by Gasteiger charge is -2.33. The van der Waals surface area contributed by atoms with Gasteiger partial charge in [-0.05, 0) is 37.0 Å². The van der Waals surface area contributed by atoms with Gasteiger partial charge in [-0.2, -0.15) is 0 Å². The molecular formula is C20H37NO4. The van der Waals surface area contributed by atoms with E-state index in [0.717, 1.165) is 32.0 Å². The summed E-state index contributed by atoms with van der Waals surface area (Å²) in [6.45, 7) is 10.3. The molecule has 0 aromatic heterocycles. The summed E-state index contributed by atoms with van der Waals surface area (Å²) in [7, 11) is 1.65. The SMILES string of the molecule is CNC(=O)CCC[C@H](C)C[C@H](OC(=O)[C@@H](C)CCCC=O)C(C)(C)C. The first kappa shape index (κ1) is 23.6. The van der Waals surface area contributed by atoms with E-state index >= 15 is 0 Å². The lowest BCUT2D eigenvalue weighted by atomic mass is 9.82. The third-order valence-electron chi connectivity index (χ3n) is 4.58. The summed E-state index contributed by atoms with van der Waals surface area (Å²) in [4.78, 5) is 34.0. The Morgan fingerprint density at radius 3 is 2.28 bits per heavy atom. The van der Waals surface area contributed by atoms with Crippen LogP contribution in [-0.2, 0) is 19.1 Å². The molecule has 0 aromatic carbocycles. The van der Waals surface area contributed by atoms with Crippen molar-refractivity contribution >= 4 is 18.2 Å². The average Bonchev–Trinajstić information content (AvgIpc) is 2.53. The Balaban J connectivity index is 4.52. The van der Waals surface area contributed by atoms with E-state index in [4.69, 9.17) is 4.74 Å². The largest absolute Gasteiger partial charge is 0.462 e. The Hall–Kier alpha value is -1.39. The van der Waals surface area contributed by atoms with E-state index < -0.39 is 0 Å². The van der Waals surface area contributed by atoms with Crippen LogP contribution in [0.2, 0.25) is 0 Å². The summed E-state index contributed by atoms with van der Waals surface area (Å²) in [6, 6.07) is 0. The molecule has 1 N–H and O–H groups in total. The van der Waals surface area contributed by atoms with Gasteiger partial charge in [0.2, 0.25) is 5.91 Å². The van der Waals surface area contributed by atoms with Crippen LogP contribution in [0.1, 0.15) is 79.6 Å². The van der Waals surface area contributed by atoms with Gasteiger partial charge in [-0.15, -0.1) is 0 Å². The Morgan fingerprint density at radius 2 is 1.76 bits per heavy atom. The zero-order valence-corrected chi connectivity index (χ0v) is 16.9. The molecule has 1 amide bonds. The first-order valence-electron chi connectivity index (χ1n) is 9.46. The quantitative estimate of drug-likeness (QED) is 0.327. The highest BCUT2D eigenvalue weighted by molar-refractivity contribution is 5.75. The Labute approximate surface area is 153 Å². The molecule has 0 rings (SSSR count). The van der Waals surface area contributed by atoms with Crippen LogP contribution in [0, 0.1) is 17.3 Å². The number of carbonyl (C=O) groups excluding carboxylic acids is 3. The van der Waals surface area contributed by atoms with Crippen LogP contribution < -0.4 is 5.32 Å². The maximum Gasteiger partial charge on any atom is 0.308 e. The summed E-state index contributed by atoms with van der Waals surface area (Å²) in [5, 5.41) is 2.63. The molecule has 0 aromatic rings. The molecule has 0 spiro atoms. The minimum atomic E-state index is -0.187. The van der Waals surface area contributed by atoms with Crippen molar-refractivity contribution in [3.8, 4) is 0 Å². The van der Waals surface area contributed by atoms with Crippen LogP contribution in [0.4, 0.5) is 0 Å². The third kappa shape index (κ3) is 11.0. The van der Waals surface area contributed by atoms with Crippen LogP contribution >= 0.6 is 0 Å². The van der Waals surface area contributed by atoms with Gasteiger partial charge in [0.05, 0.1) is 5.92 Å². The predicted molar refractivity (Wildman–Crippen MR) is 100 cm³/mol. The smallest absolute Gasteiger partial charge is 0.308 e. The normalized spacial score (nSPS) is 15.1. The van der Waals surface area contributed by atoms with E-state index in [2.05, 4.69) is 33.0 Å². The Kier molecular flexibility index (Phi) is 11.4. The van der Waals surface area contributed by atoms with Crippen molar-refractivity contribution in [2.75, 3.05) is 7.05 Å². The van der Waals surface area contributed by atoms with Crippen LogP contribution in [0.15, 0.2) is 0 Å². The van der Waals surface area contributed by atoms with Gasteiger partial charge in [0, 0.05) is 19.9 Å². The van der Waals surface area contributed by atoms with Crippen molar-refractivity contribution in [3.63, 3.8) is 0 Å². The molecule has 0 aliphatic rings. The standard InChI is InChI=1S/C20H37NO4/c1-15(10-9-12-18(23)21-6)14-17(20(3,4)5)25-19(24)16(2)11-7-8-13-22/h13,15-17H,7-12,14H2,1-6H3,(H,21,23)/t15-,16-,17-/m0/s1. The van der Waals surface area contributed by atoms with Crippen molar-refractivity contribution in [1.82, 2.24) is 5.32 Å². The van der Waals surface area contributed by atoms with E-state index in [1.165, 1.54) is 0 Å². The molecule has 25 heavy (non-hydrogen) atoms. The fourth-order valence-electron chi connectivity index (χ4n) is 2.68. The van der Waals surface area contributed by atoms with Gasteiger partial charge in [0.15, 0.2) is 0 Å². The molecule has 0 saturated carbocycles. The zero-order chi connectivity index (χ0) is 19.5. The van der Waals surface area contributed by atoms with Gasteiger partial charge in [-0.25, -0.2) is 0 Å². The molecule has 0 aliphatic heterocycles. The molecule has 3 atom stereocenters. The van der Waals surface area contributed by atoms with Gasteiger partial charge in [-0.3, -0.25) is 9.59 Å². The minimum absolute atomic E-state index is 0.0650. The fourth-order valence-corrected chi connectivity index (χ4v) is 2.68. The number of amides is 1. The number of unbranched alkanes of at least 4 members (excludes halogenated alkanes) is 1. The van der Waals surface area contributed by atoms with Crippen LogP contribution in [0.25, 0.3) is 0 Å². The molecule has 146 valence electrons. The van der Waals surface area contributed by atoms with Crippen molar-refractivity contribution in [2.24, 2.45) is 17.3 Å². The van der Waals surface area contributed by atoms with Gasteiger partial charge >= 0.3 is 5.97 Å². The summed E-state index contributed by atoms with van der Waals surface area (Å²) in [6.07, 6.45) is 5.73. The highest BCUT2D eigenvalue weighted by atomic mass is 16.5. The van der Waals surface area contributed by atoms with E-state index in [-0.39, 0.29) is 29.3 Å². The number of esters is 1. The molecule has 0 radical (unpaired) electrons. The number of ether oxygens (including phenoxy) is 1. The molecular weight excluding hydrogens is 318 g/mol. The molecule has 0 fully saturated rings. The summed E-state index contributed by atoms with van der Waals surface area (Å²) < 4.78 is 5.82. The molecule has 0 bridgehead atoms. The van der Waals surface area contributed by atoms with Gasteiger partial charge in [-0.1, -0.05) is 41.0 Å². The Bertz CT molecular complexity index is 414.